The highest BCUT2D eigenvalue weighted by Gasteiger charge is 2.18. The lowest BCUT2D eigenvalue weighted by Crippen LogP contribution is -1.97. The number of para-hydroxylation sites is 2. The van der Waals surface area contributed by atoms with Crippen molar-refractivity contribution >= 4 is 64.9 Å². The van der Waals surface area contributed by atoms with E-state index in [9.17, 15) is 0 Å². The lowest BCUT2D eigenvalue weighted by Gasteiger charge is -2.14. The third kappa shape index (κ3) is 3.53. The van der Waals surface area contributed by atoms with Gasteiger partial charge in [0, 0.05) is 41.5 Å². The summed E-state index contributed by atoms with van der Waals surface area (Å²) in [5, 5.41) is 5.88. The zero-order valence-electron chi connectivity index (χ0n) is 20.9. The molecular formula is C36H22ClNS. The number of fused-ring (bicyclic) bond motifs is 6. The van der Waals surface area contributed by atoms with Gasteiger partial charge in [0.25, 0.3) is 0 Å². The van der Waals surface area contributed by atoms with Crippen molar-refractivity contribution in [2.75, 3.05) is 0 Å². The minimum absolute atomic E-state index is 0.748. The quantitative estimate of drug-likeness (QED) is 0.212. The Balaban J connectivity index is 1.42. The number of rotatable bonds is 3. The first-order valence-electron chi connectivity index (χ1n) is 13.1. The molecule has 0 aliphatic carbocycles. The second-order valence-electron chi connectivity index (χ2n) is 9.89. The first kappa shape index (κ1) is 22.6. The second-order valence-corrected chi connectivity index (χ2v) is 11.4. The van der Waals surface area contributed by atoms with Crippen LogP contribution in [0.5, 0.6) is 0 Å². The zero-order valence-corrected chi connectivity index (χ0v) is 22.5. The average Bonchev–Trinajstić information content (AvgIpc) is 3.53. The van der Waals surface area contributed by atoms with Gasteiger partial charge in [-0.3, -0.25) is 0 Å². The van der Waals surface area contributed by atoms with Crippen LogP contribution in [0.2, 0.25) is 5.02 Å². The average molecular weight is 536 g/mol. The highest BCUT2D eigenvalue weighted by Crippen LogP contribution is 2.42. The van der Waals surface area contributed by atoms with E-state index in [1.807, 2.05) is 23.5 Å². The molecule has 6 aromatic carbocycles. The smallest absolute Gasteiger partial charge is 0.0547 e. The van der Waals surface area contributed by atoms with Crippen LogP contribution >= 0.6 is 22.9 Å². The molecule has 0 amide bonds. The van der Waals surface area contributed by atoms with E-state index in [1.54, 1.807) is 0 Å². The molecule has 0 spiro atoms. The van der Waals surface area contributed by atoms with Crippen molar-refractivity contribution in [3.63, 3.8) is 0 Å². The normalized spacial score (nSPS) is 11.7. The SMILES string of the molecule is Clc1ccc(-c2cccc3c2c2ccccc2n3-c2ccccc2-c2ccc3sc4ccccc4c3c2)cc1. The molecule has 0 radical (unpaired) electrons. The summed E-state index contributed by atoms with van der Waals surface area (Å²) >= 11 is 8.09. The number of halogens is 1. The Labute approximate surface area is 235 Å². The standard InChI is InChI=1S/C36H22ClNS/c37-25-19-16-23(17-20-25)27-11-7-14-33-36(27)29-10-2-5-13-32(29)38(33)31-12-4-1-8-26(31)24-18-21-35-30(22-24)28-9-3-6-15-34(28)39-35/h1-22H. The Bertz CT molecular complexity index is 2180. The van der Waals surface area contributed by atoms with Crippen molar-refractivity contribution in [1.29, 1.82) is 0 Å². The molecule has 0 unspecified atom stereocenters. The number of aromatic nitrogens is 1. The number of hydrogen-bond acceptors (Lipinski definition) is 1. The van der Waals surface area contributed by atoms with E-state index in [1.165, 1.54) is 64.4 Å². The van der Waals surface area contributed by atoms with Crippen molar-refractivity contribution in [3.8, 4) is 27.9 Å². The van der Waals surface area contributed by atoms with Crippen LogP contribution in [0.3, 0.4) is 0 Å². The molecule has 0 bridgehead atoms. The maximum atomic E-state index is 6.23. The summed E-state index contributed by atoms with van der Waals surface area (Å²) in [5.41, 5.74) is 8.38. The molecule has 2 aromatic heterocycles. The van der Waals surface area contributed by atoms with Crippen LogP contribution in [-0.2, 0) is 0 Å². The summed E-state index contributed by atoms with van der Waals surface area (Å²) in [6, 6.07) is 47.9. The van der Waals surface area contributed by atoms with E-state index in [0.29, 0.717) is 0 Å². The van der Waals surface area contributed by atoms with Crippen LogP contribution in [0.4, 0.5) is 0 Å². The number of nitrogens with zero attached hydrogens (tertiary/aromatic N) is 1. The summed E-state index contributed by atoms with van der Waals surface area (Å²) in [7, 11) is 0. The van der Waals surface area contributed by atoms with Crippen LogP contribution in [0.25, 0.3) is 69.9 Å². The van der Waals surface area contributed by atoms with Crippen LogP contribution in [-0.4, -0.2) is 4.57 Å². The fourth-order valence-corrected chi connectivity index (χ4v) is 7.17. The molecule has 0 aliphatic heterocycles. The van der Waals surface area contributed by atoms with Gasteiger partial charge < -0.3 is 4.57 Å². The molecule has 184 valence electrons. The van der Waals surface area contributed by atoms with Crippen molar-refractivity contribution in [2.45, 2.75) is 0 Å². The predicted molar refractivity (Wildman–Crippen MR) is 170 cm³/mol. The summed E-state index contributed by atoms with van der Waals surface area (Å²) < 4.78 is 5.08. The third-order valence-corrected chi connectivity index (χ3v) is 9.09. The van der Waals surface area contributed by atoms with Gasteiger partial charge in [0.1, 0.15) is 0 Å². The third-order valence-electron chi connectivity index (χ3n) is 7.69. The summed E-state index contributed by atoms with van der Waals surface area (Å²) in [6.07, 6.45) is 0. The highest BCUT2D eigenvalue weighted by atomic mass is 35.5. The Morgan fingerprint density at radius 1 is 0.487 bits per heavy atom. The molecular weight excluding hydrogens is 514 g/mol. The summed E-state index contributed by atoms with van der Waals surface area (Å²) in [6.45, 7) is 0. The Kier molecular flexibility index (Phi) is 5.12. The van der Waals surface area contributed by atoms with Gasteiger partial charge in [0.15, 0.2) is 0 Å². The maximum absolute atomic E-state index is 6.23. The molecule has 0 saturated heterocycles. The van der Waals surface area contributed by atoms with Gasteiger partial charge in [-0.05, 0) is 65.2 Å². The molecule has 1 nitrogen and oxygen atoms in total. The Morgan fingerprint density at radius 2 is 1.15 bits per heavy atom. The van der Waals surface area contributed by atoms with E-state index in [4.69, 9.17) is 11.6 Å². The minimum atomic E-state index is 0.748. The molecule has 39 heavy (non-hydrogen) atoms. The number of benzene rings is 6. The largest absolute Gasteiger partial charge is 0.309 e. The fourth-order valence-electron chi connectivity index (χ4n) is 5.96. The molecule has 0 aliphatic rings. The van der Waals surface area contributed by atoms with E-state index in [-0.39, 0.29) is 0 Å². The molecule has 8 aromatic rings. The lowest BCUT2D eigenvalue weighted by atomic mass is 9.99. The topological polar surface area (TPSA) is 4.93 Å². The monoisotopic (exact) mass is 535 g/mol. The van der Waals surface area contributed by atoms with Gasteiger partial charge in [0.2, 0.25) is 0 Å². The molecule has 3 heteroatoms. The van der Waals surface area contributed by atoms with E-state index >= 15 is 0 Å². The van der Waals surface area contributed by atoms with Crippen molar-refractivity contribution in [2.24, 2.45) is 0 Å². The van der Waals surface area contributed by atoms with Gasteiger partial charge in [-0.25, -0.2) is 0 Å². The first-order valence-corrected chi connectivity index (χ1v) is 14.2. The lowest BCUT2D eigenvalue weighted by molar-refractivity contribution is 1.18. The Hall–Kier alpha value is -4.37. The first-order chi connectivity index (χ1) is 19.3. The maximum Gasteiger partial charge on any atom is 0.0547 e. The minimum Gasteiger partial charge on any atom is -0.309 e. The molecule has 2 heterocycles. The Morgan fingerprint density at radius 3 is 2.05 bits per heavy atom. The molecule has 0 fully saturated rings. The van der Waals surface area contributed by atoms with Crippen LogP contribution in [0.15, 0.2) is 133 Å². The van der Waals surface area contributed by atoms with Crippen molar-refractivity contribution in [3.05, 3.63) is 138 Å². The molecule has 0 N–H and O–H groups in total. The van der Waals surface area contributed by atoms with Gasteiger partial charge in [-0.1, -0.05) is 96.5 Å². The van der Waals surface area contributed by atoms with E-state index in [0.717, 1.165) is 10.6 Å². The highest BCUT2D eigenvalue weighted by molar-refractivity contribution is 7.25. The van der Waals surface area contributed by atoms with Crippen LogP contribution in [0, 0.1) is 0 Å². The zero-order chi connectivity index (χ0) is 25.9. The second kappa shape index (κ2) is 8.84. The molecule has 0 saturated carbocycles. The van der Waals surface area contributed by atoms with Crippen LogP contribution < -0.4 is 0 Å². The van der Waals surface area contributed by atoms with Crippen molar-refractivity contribution in [1.82, 2.24) is 4.57 Å². The number of hydrogen-bond donors (Lipinski definition) is 0. The molecule has 8 rings (SSSR count). The van der Waals surface area contributed by atoms with E-state index < -0.39 is 0 Å². The predicted octanol–water partition coefficient (Wildman–Crippen LogP) is 11.1. The van der Waals surface area contributed by atoms with Gasteiger partial charge in [0.05, 0.1) is 16.7 Å². The van der Waals surface area contributed by atoms with Gasteiger partial charge in [-0.2, -0.15) is 0 Å². The number of thiophene rings is 1. The van der Waals surface area contributed by atoms with Crippen molar-refractivity contribution < 1.29 is 0 Å². The fraction of sp³-hybridized carbons (Fsp3) is 0. The van der Waals surface area contributed by atoms with Gasteiger partial charge in [-0.15, -0.1) is 11.3 Å². The van der Waals surface area contributed by atoms with E-state index in [2.05, 4.69) is 126 Å². The summed E-state index contributed by atoms with van der Waals surface area (Å²) in [5.74, 6) is 0. The van der Waals surface area contributed by atoms with Gasteiger partial charge >= 0.3 is 0 Å². The summed E-state index contributed by atoms with van der Waals surface area (Å²) in [4.78, 5) is 0. The molecule has 0 atom stereocenters. The van der Waals surface area contributed by atoms with Crippen LogP contribution in [0.1, 0.15) is 0 Å².